The largest absolute Gasteiger partial charge is 0.493 e. The van der Waals surface area contributed by atoms with Crippen molar-refractivity contribution >= 4 is 0 Å². The van der Waals surface area contributed by atoms with Crippen LogP contribution in [-0.4, -0.2) is 6.61 Å². The number of ether oxygens (including phenoxy) is 1. The highest BCUT2D eigenvalue weighted by molar-refractivity contribution is 5.40. The molecule has 0 spiro atoms. The molecular formula is C23H27FO. The molecule has 0 radical (unpaired) electrons. The number of aryl methyl sites for hydroxylation is 2. The molecule has 25 heavy (non-hydrogen) atoms. The predicted molar refractivity (Wildman–Crippen MR) is 102 cm³/mol. The molecule has 2 heteroatoms. The minimum absolute atomic E-state index is 0.0382. The fourth-order valence-electron chi connectivity index (χ4n) is 3.69. The van der Waals surface area contributed by atoms with Crippen molar-refractivity contribution in [1.82, 2.24) is 0 Å². The molecule has 132 valence electrons. The lowest BCUT2D eigenvalue weighted by Crippen LogP contribution is -2.14. The third-order valence-electron chi connectivity index (χ3n) is 5.04. The molecule has 3 rings (SSSR count). The Morgan fingerprint density at radius 2 is 2.08 bits per heavy atom. The number of benzene rings is 2. The summed E-state index contributed by atoms with van der Waals surface area (Å²) in [4.78, 5) is 0. The summed E-state index contributed by atoms with van der Waals surface area (Å²) in [6, 6.07) is 12.1. The Morgan fingerprint density at radius 3 is 2.84 bits per heavy atom. The van der Waals surface area contributed by atoms with Gasteiger partial charge in [-0.15, -0.1) is 6.58 Å². The van der Waals surface area contributed by atoms with Gasteiger partial charge in [-0.1, -0.05) is 37.6 Å². The third-order valence-corrected chi connectivity index (χ3v) is 5.04. The summed E-state index contributed by atoms with van der Waals surface area (Å²) in [5.41, 5.74) is 4.64. The molecule has 0 saturated carbocycles. The fourth-order valence-corrected chi connectivity index (χ4v) is 3.69. The normalized spacial score (nSPS) is 16.3. The van der Waals surface area contributed by atoms with E-state index in [1.165, 1.54) is 11.1 Å². The van der Waals surface area contributed by atoms with E-state index in [4.69, 9.17) is 4.74 Å². The van der Waals surface area contributed by atoms with Gasteiger partial charge in [0.1, 0.15) is 11.6 Å². The van der Waals surface area contributed by atoms with Gasteiger partial charge in [0.05, 0.1) is 6.61 Å². The van der Waals surface area contributed by atoms with E-state index >= 15 is 0 Å². The summed E-state index contributed by atoms with van der Waals surface area (Å²) in [5.74, 6) is 1.16. The quantitative estimate of drug-likeness (QED) is 0.444. The maximum atomic E-state index is 14.5. The summed E-state index contributed by atoms with van der Waals surface area (Å²) in [6.45, 7) is 6.50. The molecule has 0 N–H and O–H groups in total. The lowest BCUT2D eigenvalue weighted by molar-refractivity contribution is 0.324. The van der Waals surface area contributed by atoms with Crippen LogP contribution in [0.15, 0.2) is 49.1 Å². The van der Waals surface area contributed by atoms with Gasteiger partial charge < -0.3 is 4.74 Å². The molecule has 0 aromatic heterocycles. The minimum atomic E-state index is -0.0382. The lowest BCUT2D eigenvalue weighted by Gasteiger charge is -2.26. The van der Waals surface area contributed by atoms with E-state index in [0.29, 0.717) is 6.61 Å². The molecule has 2 aromatic rings. The highest BCUT2D eigenvalue weighted by Gasteiger charge is 2.23. The zero-order valence-corrected chi connectivity index (χ0v) is 15.1. The summed E-state index contributed by atoms with van der Waals surface area (Å²) in [7, 11) is 0. The molecular weight excluding hydrogens is 311 g/mol. The van der Waals surface area contributed by atoms with E-state index < -0.39 is 0 Å². The first kappa shape index (κ1) is 17.7. The second-order valence-electron chi connectivity index (χ2n) is 6.90. The van der Waals surface area contributed by atoms with Crippen molar-refractivity contribution in [2.24, 2.45) is 0 Å². The van der Waals surface area contributed by atoms with Crippen molar-refractivity contribution in [3.63, 3.8) is 0 Å². The zero-order chi connectivity index (χ0) is 17.6. The molecule has 1 nitrogen and oxygen atoms in total. The second-order valence-corrected chi connectivity index (χ2v) is 6.90. The van der Waals surface area contributed by atoms with Gasteiger partial charge in [-0.25, -0.2) is 4.39 Å². The number of fused-ring (bicyclic) bond motifs is 1. The number of hydrogen-bond acceptors (Lipinski definition) is 1. The average Bonchev–Trinajstić information content (AvgIpc) is 2.62. The van der Waals surface area contributed by atoms with Crippen molar-refractivity contribution < 1.29 is 9.13 Å². The van der Waals surface area contributed by atoms with Crippen LogP contribution in [0.3, 0.4) is 0 Å². The Morgan fingerprint density at radius 1 is 1.20 bits per heavy atom. The van der Waals surface area contributed by atoms with Crippen LogP contribution >= 0.6 is 0 Å². The van der Waals surface area contributed by atoms with Crippen molar-refractivity contribution in [1.29, 1.82) is 0 Å². The SMILES string of the molecule is C=CCCOc1ccc2c(c1)CCC(c1ccc(CCC)cc1F)C2. The van der Waals surface area contributed by atoms with Gasteiger partial charge in [0.15, 0.2) is 0 Å². The smallest absolute Gasteiger partial charge is 0.126 e. The molecule has 0 saturated heterocycles. The zero-order valence-electron chi connectivity index (χ0n) is 15.1. The molecule has 0 amide bonds. The Balaban J connectivity index is 1.72. The van der Waals surface area contributed by atoms with Crippen LogP contribution in [0.5, 0.6) is 5.75 Å². The summed E-state index contributed by atoms with van der Waals surface area (Å²) in [6.07, 6.45) is 7.59. The van der Waals surface area contributed by atoms with Crippen LogP contribution in [0.4, 0.5) is 4.39 Å². The molecule has 1 aliphatic rings. The van der Waals surface area contributed by atoms with Gasteiger partial charge in [-0.3, -0.25) is 0 Å². The molecule has 0 heterocycles. The molecule has 0 bridgehead atoms. The van der Waals surface area contributed by atoms with Crippen molar-refractivity contribution in [3.05, 3.63) is 77.1 Å². The number of rotatable bonds is 7. The topological polar surface area (TPSA) is 9.23 Å². The van der Waals surface area contributed by atoms with Crippen LogP contribution < -0.4 is 4.74 Å². The first-order chi connectivity index (χ1) is 12.2. The van der Waals surface area contributed by atoms with Gasteiger partial charge in [0.25, 0.3) is 0 Å². The van der Waals surface area contributed by atoms with E-state index in [0.717, 1.165) is 55.4 Å². The first-order valence-corrected chi connectivity index (χ1v) is 9.35. The highest BCUT2D eigenvalue weighted by Crippen LogP contribution is 2.35. The van der Waals surface area contributed by atoms with E-state index in [-0.39, 0.29) is 11.7 Å². The second kappa shape index (κ2) is 8.33. The summed E-state index contributed by atoms with van der Waals surface area (Å²) in [5, 5.41) is 0. The maximum absolute atomic E-state index is 14.5. The van der Waals surface area contributed by atoms with Gasteiger partial charge in [-0.05, 0) is 78.5 Å². The molecule has 0 aliphatic heterocycles. The molecule has 0 fully saturated rings. The average molecular weight is 338 g/mol. The number of hydrogen-bond donors (Lipinski definition) is 0. The number of halogens is 1. The highest BCUT2D eigenvalue weighted by atomic mass is 19.1. The van der Waals surface area contributed by atoms with Gasteiger partial charge in [-0.2, -0.15) is 0 Å². The van der Waals surface area contributed by atoms with Crippen molar-refractivity contribution in [2.45, 2.75) is 51.4 Å². The van der Waals surface area contributed by atoms with Crippen LogP contribution in [-0.2, 0) is 19.3 Å². The lowest BCUT2D eigenvalue weighted by atomic mass is 9.79. The van der Waals surface area contributed by atoms with Crippen LogP contribution in [0.25, 0.3) is 0 Å². The van der Waals surface area contributed by atoms with E-state index in [1.807, 2.05) is 18.2 Å². The fraction of sp³-hybridized carbons (Fsp3) is 0.391. The van der Waals surface area contributed by atoms with Crippen LogP contribution in [0.2, 0.25) is 0 Å². The van der Waals surface area contributed by atoms with Gasteiger partial charge >= 0.3 is 0 Å². The minimum Gasteiger partial charge on any atom is -0.493 e. The molecule has 1 unspecified atom stereocenters. The molecule has 2 aromatic carbocycles. The Hall–Kier alpha value is -2.09. The molecule has 1 atom stereocenters. The van der Waals surface area contributed by atoms with E-state index in [9.17, 15) is 4.39 Å². The summed E-state index contributed by atoms with van der Waals surface area (Å²) >= 11 is 0. The Labute approximate surface area is 150 Å². The third kappa shape index (κ3) is 4.31. The van der Waals surface area contributed by atoms with Crippen molar-refractivity contribution in [2.75, 3.05) is 6.61 Å². The maximum Gasteiger partial charge on any atom is 0.126 e. The van der Waals surface area contributed by atoms with E-state index in [2.05, 4.69) is 31.7 Å². The van der Waals surface area contributed by atoms with E-state index in [1.54, 1.807) is 6.07 Å². The standard InChI is InChI=1S/C23H27FO/c1-3-5-13-25-21-11-10-18-15-20(9-8-19(18)16-21)22-12-7-17(6-4-2)14-23(22)24/h3,7,10-12,14,16,20H,1,4-6,8-9,13,15H2,2H3. The predicted octanol–water partition coefficient (Wildman–Crippen LogP) is 6.01. The molecule has 1 aliphatic carbocycles. The first-order valence-electron chi connectivity index (χ1n) is 9.35. The van der Waals surface area contributed by atoms with Crippen LogP contribution in [0.1, 0.15) is 54.4 Å². The Kier molecular flexibility index (Phi) is 5.91. The monoisotopic (exact) mass is 338 g/mol. The van der Waals surface area contributed by atoms with Crippen LogP contribution in [0, 0.1) is 5.82 Å². The Bertz CT molecular complexity index is 735. The van der Waals surface area contributed by atoms with Crippen molar-refractivity contribution in [3.8, 4) is 5.75 Å². The summed E-state index contributed by atoms with van der Waals surface area (Å²) < 4.78 is 20.3. The van der Waals surface area contributed by atoms with Gasteiger partial charge in [0.2, 0.25) is 0 Å². The van der Waals surface area contributed by atoms with Gasteiger partial charge in [0, 0.05) is 0 Å².